The lowest BCUT2D eigenvalue weighted by Gasteiger charge is -2.10. The van der Waals surface area contributed by atoms with Crippen LogP contribution in [0.3, 0.4) is 0 Å². The van der Waals surface area contributed by atoms with E-state index >= 15 is 0 Å². The molecule has 7 heteroatoms. The van der Waals surface area contributed by atoms with Gasteiger partial charge in [0.1, 0.15) is 5.56 Å². The minimum atomic E-state index is -0.846. The smallest absolute Gasteiger partial charge is 0.383 e. The highest BCUT2D eigenvalue weighted by Crippen LogP contribution is 2.33. The van der Waals surface area contributed by atoms with Crippen molar-refractivity contribution >= 4 is 16.9 Å². The second kappa shape index (κ2) is 9.08. The molecule has 0 amide bonds. The van der Waals surface area contributed by atoms with Gasteiger partial charge in [0, 0.05) is 6.61 Å². The van der Waals surface area contributed by atoms with Gasteiger partial charge in [0.2, 0.25) is 5.75 Å². The van der Waals surface area contributed by atoms with Gasteiger partial charge in [-0.2, -0.15) is 0 Å². The number of ether oxygens (including phenoxy) is 2. The summed E-state index contributed by atoms with van der Waals surface area (Å²) in [7, 11) is 0. The van der Waals surface area contributed by atoms with Gasteiger partial charge in [-0.1, -0.05) is 19.4 Å². The zero-order valence-corrected chi connectivity index (χ0v) is 14.1. The predicted molar refractivity (Wildman–Crippen MR) is 91.2 cm³/mol. The van der Waals surface area contributed by atoms with Gasteiger partial charge in [0.15, 0.2) is 11.3 Å². The highest BCUT2D eigenvalue weighted by molar-refractivity contribution is 6.03. The number of hydrogen-bond donors (Lipinski definition) is 2. The van der Waals surface area contributed by atoms with Gasteiger partial charge in [-0.3, -0.25) is 0 Å². The normalized spacial score (nSPS) is 10.8. The molecule has 1 aromatic carbocycles. The molecular formula is C18H22O7. The van der Waals surface area contributed by atoms with Crippen LogP contribution in [0.25, 0.3) is 11.0 Å². The fraction of sp³-hybridized carbons (Fsp3) is 0.444. The van der Waals surface area contributed by atoms with Crippen LogP contribution in [0.15, 0.2) is 27.4 Å². The van der Waals surface area contributed by atoms with Gasteiger partial charge < -0.3 is 24.1 Å². The molecule has 0 spiro atoms. The number of hydrogen-bond acceptors (Lipinski definition) is 7. The molecule has 0 radical (unpaired) electrons. The Hall–Kier alpha value is -2.54. The maximum absolute atomic E-state index is 12.2. The second-order valence-electron chi connectivity index (χ2n) is 5.52. The summed E-state index contributed by atoms with van der Waals surface area (Å²) in [6.07, 6.45) is 2.66. The van der Waals surface area contributed by atoms with E-state index in [4.69, 9.17) is 19.0 Å². The van der Waals surface area contributed by atoms with Crippen LogP contribution in [0.4, 0.5) is 0 Å². The van der Waals surface area contributed by atoms with Gasteiger partial charge in [0.25, 0.3) is 0 Å². The lowest BCUT2D eigenvalue weighted by Crippen LogP contribution is -2.11. The molecule has 2 rings (SSSR count). The average molecular weight is 350 g/mol. The van der Waals surface area contributed by atoms with Crippen LogP contribution in [-0.2, 0) is 4.74 Å². The molecular weight excluding hydrogens is 328 g/mol. The number of aliphatic hydroxyl groups excluding tert-OH is 1. The summed E-state index contributed by atoms with van der Waals surface area (Å²) in [5, 5.41) is 19.2. The van der Waals surface area contributed by atoms with Crippen molar-refractivity contribution in [2.45, 2.75) is 32.6 Å². The number of carbonyl (C=O) groups excluding carboxylic acids is 1. The summed E-state index contributed by atoms with van der Waals surface area (Å²) in [5.74, 6) is -1.27. The first kappa shape index (κ1) is 18.8. The Morgan fingerprint density at radius 1 is 1.20 bits per heavy atom. The van der Waals surface area contributed by atoms with Gasteiger partial charge in [-0.05, 0) is 31.4 Å². The maximum Gasteiger partial charge on any atom is 0.383 e. The van der Waals surface area contributed by atoms with Gasteiger partial charge >= 0.3 is 11.6 Å². The Balaban J connectivity index is 2.31. The Morgan fingerprint density at radius 2 is 2.00 bits per heavy atom. The number of rotatable bonds is 9. The average Bonchev–Trinajstić information content (AvgIpc) is 2.61. The van der Waals surface area contributed by atoms with Crippen LogP contribution in [0.5, 0.6) is 11.5 Å². The van der Waals surface area contributed by atoms with E-state index in [-0.39, 0.29) is 47.9 Å². The molecule has 0 aliphatic carbocycles. The zero-order valence-electron chi connectivity index (χ0n) is 14.1. The summed E-state index contributed by atoms with van der Waals surface area (Å²) >= 11 is 0. The van der Waals surface area contributed by atoms with Crippen LogP contribution >= 0.6 is 0 Å². The molecule has 0 fully saturated rings. The Labute approximate surface area is 144 Å². The van der Waals surface area contributed by atoms with Crippen molar-refractivity contribution < 1.29 is 28.9 Å². The number of para-hydroxylation sites is 1. The third-order valence-electron chi connectivity index (χ3n) is 3.62. The van der Waals surface area contributed by atoms with E-state index in [0.717, 1.165) is 12.8 Å². The number of unbranched alkanes of at least 4 members (excludes halogenated alkanes) is 2. The first-order valence-electron chi connectivity index (χ1n) is 8.29. The van der Waals surface area contributed by atoms with E-state index in [1.807, 2.05) is 6.92 Å². The predicted octanol–water partition coefficient (Wildman–Crippen LogP) is 2.61. The van der Waals surface area contributed by atoms with Crippen molar-refractivity contribution in [3.05, 3.63) is 34.2 Å². The van der Waals surface area contributed by atoms with Crippen molar-refractivity contribution in [2.24, 2.45) is 0 Å². The fourth-order valence-corrected chi connectivity index (χ4v) is 2.25. The summed E-state index contributed by atoms with van der Waals surface area (Å²) < 4.78 is 15.6. The second-order valence-corrected chi connectivity index (χ2v) is 5.52. The molecule has 1 aromatic heterocycles. The lowest BCUT2D eigenvalue weighted by molar-refractivity contribution is 0.0493. The van der Waals surface area contributed by atoms with Crippen molar-refractivity contribution in [3.8, 4) is 11.5 Å². The minimum Gasteiger partial charge on any atom is -0.504 e. The number of esters is 1. The topological polar surface area (TPSA) is 106 Å². The SMILES string of the molecule is CCCCOc1c(O)c2cccc(C(=O)OCCCCO)c2oc1=O. The monoisotopic (exact) mass is 350 g/mol. The Morgan fingerprint density at radius 3 is 2.72 bits per heavy atom. The van der Waals surface area contributed by atoms with Crippen LogP contribution < -0.4 is 10.4 Å². The standard InChI is InChI=1S/C18H22O7/c1-2-3-10-23-16-14(20)12-7-6-8-13(15(12)25-18(16)22)17(21)24-11-5-4-9-19/h6-8,19-20H,2-5,9-11H2,1H3. The molecule has 1 heterocycles. The third-order valence-corrected chi connectivity index (χ3v) is 3.62. The Kier molecular flexibility index (Phi) is 6.82. The molecule has 0 aliphatic rings. The summed E-state index contributed by atoms with van der Waals surface area (Å²) in [6, 6.07) is 4.54. The zero-order chi connectivity index (χ0) is 18.2. The van der Waals surface area contributed by atoms with E-state index < -0.39 is 11.6 Å². The minimum absolute atomic E-state index is 0.0232. The van der Waals surface area contributed by atoms with Crippen LogP contribution in [-0.4, -0.2) is 36.0 Å². The third kappa shape index (κ3) is 4.51. The quantitative estimate of drug-likeness (QED) is 0.407. The first-order chi connectivity index (χ1) is 12.1. The van der Waals surface area contributed by atoms with Crippen molar-refractivity contribution in [3.63, 3.8) is 0 Å². The largest absolute Gasteiger partial charge is 0.504 e. The highest BCUT2D eigenvalue weighted by atomic mass is 16.5. The number of fused-ring (bicyclic) bond motifs is 1. The number of carbonyl (C=O) groups is 1. The molecule has 2 aromatic rings. The number of aromatic hydroxyl groups is 1. The molecule has 2 N–H and O–H groups in total. The molecule has 0 aliphatic heterocycles. The summed E-state index contributed by atoms with van der Waals surface area (Å²) in [5.41, 5.74) is -0.837. The molecule has 136 valence electrons. The van der Waals surface area contributed by atoms with Gasteiger partial charge in [0.05, 0.1) is 18.6 Å². The molecule has 7 nitrogen and oxygen atoms in total. The number of benzene rings is 1. The van der Waals surface area contributed by atoms with E-state index in [1.54, 1.807) is 6.07 Å². The Bertz CT molecular complexity index is 779. The molecule has 0 atom stereocenters. The van der Waals surface area contributed by atoms with Crippen molar-refractivity contribution in [1.29, 1.82) is 0 Å². The molecule has 0 saturated heterocycles. The lowest BCUT2D eigenvalue weighted by atomic mass is 10.1. The van der Waals surface area contributed by atoms with Crippen LogP contribution in [0.2, 0.25) is 0 Å². The fourth-order valence-electron chi connectivity index (χ4n) is 2.25. The molecule has 25 heavy (non-hydrogen) atoms. The van der Waals surface area contributed by atoms with Gasteiger partial charge in [-0.25, -0.2) is 9.59 Å². The maximum atomic E-state index is 12.2. The summed E-state index contributed by atoms with van der Waals surface area (Å²) in [6.45, 7) is 2.43. The highest BCUT2D eigenvalue weighted by Gasteiger charge is 2.20. The van der Waals surface area contributed by atoms with Crippen molar-refractivity contribution in [1.82, 2.24) is 0 Å². The van der Waals surface area contributed by atoms with Crippen molar-refractivity contribution in [2.75, 3.05) is 19.8 Å². The van der Waals surface area contributed by atoms with E-state index in [2.05, 4.69) is 0 Å². The molecule has 0 bridgehead atoms. The van der Waals surface area contributed by atoms with Crippen LogP contribution in [0, 0.1) is 0 Å². The van der Waals surface area contributed by atoms with E-state index in [0.29, 0.717) is 12.8 Å². The summed E-state index contributed by atoms with van der Waals surface area (Å²) in [4.78, 5) is 24.3. The first-order valence-corrected chi connectivity index (χ1v) is 8.29. The molecule has 0 saturated carbocycles. The van der Waals surface area contributed by atoms with Gasteiger partial charge in [-0.15, -0.1) is 0 Å². The van der Waals surface area contributed by atoms with Crippen LogP contribution in [0.1, 0.15) is 43.0 Å². The molecule has 0 unspecified atom stereocenters. The van der Waals surface area contributed by atoms with E-state index in [9.17, 15) is 14.7 Å². The number of aliphatic hydroxyl groups is 1. The van der Waals surface area contributed by atoms with E-state index in [1.165, 1.54) is 12.1 Å².